The van der Waals surface area contributed by atoms with Crippen molar-refractivity contribution in [3.05, 3.63) is 0 Å². The first-order chi connectivity index (χ1) is 4.06. The molecule has 0 saturated heterocycles. The molecule has 2 N–H and O–H groups in total. The first-order valence-corrected chi connectivity index (χ1v) is 3.85. The van der Waals surface area contributed by atoms with Crippen LogP contribution in [0.3, 0.4) is 0 Å². The van der Waals surface area contributed by atoms with E-state index in [9.17, 15) is 0 Å². The minimum Gasteiger partial charge on any atom is -0.325 e. The molecule has 1 nitrogen and oxygen atoms in total. The predicted octanol–water partition coefficient (Wildman–Crippen LogP) is 1.52. The summed E-state index contributed by atoms with van der Waals surface area (Å²) in [7, 11) is 0. The van der Waals surface area contributed by atoms with E-state index in [2.05, 4.69) is 13.8 Å². The van der Waals surface area contributed by atoms with Crippen molar-refractivity contribution in [2.45, 2.75) is 38.6 Å². The van der Waals surface area contributed by atoms with Crippen LogP contribution in [0.4, 0.5) is 0 Å². The van der Waals surface area contributed by atoms with Gasteiger partial charge in [0.2, 0.25) is 0 Å². The maximum absolute atomic E-state index is 6.12. The molecule has 1 heteroatoms. The first kappa shape index (κ1) is 5.72. The Balaban J connectivity index is 2.32. The van der Waals surface area contributed by atoms with Crippen molar-refractivity contribution in [2.24, 2.45) is 17.1 Å². The Kier molecular flexibility index (Phi) is 0.760. The Labute approximate surface area is 56.6 Å². The molecule has 0 aliphatic heterocycles. The molecule has 0 radical (unpaired) electrons. The van der Waals surface area contributed by atoms with Crippen LogP contribution in [0.2, 0.25) is 0 Å². The highest BCUT2D eigenvalue weighted by Crippen LogP contribution is 2.63. The van der Waals surface area contributed by atoms with Gasteiger partial charge in [0.15, 0.2) is 0 Å². The molecule has 0 aromatic heterocycles. The average Bonchev–Trinajstić information content (AvgIpc) is 2.21. The monoisotopic (exact) mass is 125 g/mol. The largest absolute Gasteiger partial charge is 0.325 e. The fourth-order valence-corrected chi connectivity index (χ4v) is 2.55. The van der Waals surface area contributed by atoms with E-state index in [4.69, 9.17) is 5.73 Å². The number of nitrogens with two attached hydrogens (primary N) is 1. The van der Waals surface area contributed by atoms with E-state index in [0.29, 0.717) is 5.41 Å². The summed E-state index contributed by atoms with van der Waals surface area (Å²) in [5.41, 5.74) is 6.82. The van der Waals surface area contributed by atoms with Crippen molar-refractivity contribution >= 4 is 0 Å². The molecule has 3 aliphatic carbocycles. The topological polar surface area (TPSA) is 26.0 Å². The second-order valence-corrected chi connectivity index (χ2v) is 4.32. The van der Waals surface area contributed by atoms with Crippen LogP contribution in [-0.4, -0.2) is 5.54 Å². The van der Waals surface area contributed by atoms with Gasteiger partial charge in [0.25, 0.3) is 0 Å². The molecule has 2 bridgehead atoms. The molecule has 0 spiro atoms. The maximum atomic E-state index is 6.12. The molecule has 2 atom stereocenters. The van der Waals surface area contributed by atoms with Crippen LogP contribution >= 0.6 is 0 Å². The van der Waals surface area contributed by atoms with Crippen LogP contribution < -0.4 is 5.73 Å². The molecule has 3 fully saturated rings. The van der Waals surface area contributed by atoms with Crippen molar-refractivity contribution in [2.75, 3.05) is 0 Å². The summed E-state index contributed by atoms with van der Waals surface area (Å²) in [5, 5.41) is 0. The predicted molar refractivity (Wildman–Crippen MR) is 38.0 cm³/mol. The average molecular weight is 125 g/mol. The van der Waals surface area contributed by atoms with Gasteiger partial charge in [-0.05, 0) is 30.6 Å². The molecule has 9 heavy (non-hydrogen) atoms. The van der Waals surface area contributed by atoms with Gasteiger partial charge in [-0.2, -0.15) is 0 Å². The maximum Gasteiger partial charge on any atom is 0.0211 e. The van der Waals surface area contributed by atoms with Gasteiger partial charge >= 0.3 is 0 Å². The Morgan fingerprint density at radius 2 is 2.11 bits per heavy atom. The lowest BCUT2D eigenvalue weighted by Crippen LogP contribution is -2.60. The molecule has 0 heterocycles. The van der Waals surface area contributed by atoms with Crippen molar-refractivity contribution in [1.82, 2.24) is 0 Å². The number of hydrogen-bond acceptors (Lipinski definition) is 1. The summed E-state index contributed by atoms with van der Waals surface area (Å²) >= 11 is 0. The third kappa shape index (κ3) is 0.420. The van der Waals surface area contributed by atoms with E-state index < -0.39 is 0 Å². The van der Waals surface area contributed by atoms with Gasteiger partial charge < -0.3 is 5.73 Å². The lowest BCUT2D eigenvalue weighted by atomic mass is 9.56. The Morgan fingerprint density at radius 3 is 2.22 bits per heavy atom. The van der Waals surface area contributed by atoms with E-state index in [0.717, 1.165) is 5.92 Å². The van der Waals surface area contributed by atoms with Crippen LogP contribution in [0.15, 0.2) is 0 Å². The Bertz CT molecular complexity index is 144. The summed E-state index contributed by atoms with van der Waals surface area (Å²) in [6.07, 6.45) is 3.94. The van der Waals surface area contributed by atoms with E-state index in [1.807, 2.05) is 0 Å². The first-order valence-electron chi connectivity index (χ1n) is 3.85. The van der Waals surface area contributed by atoms with Crippen molar-refractivity contribution < 1.29 is 0 Å². The summed E-state index contributed by atoms with van der Waals surface area (Å²) in [4.78, 5) is 0. The van der Waals surface area contributed by atoms with E-state index >= 15 is 0 Å². The normalized spacial score (nSPS) is 53.0. The zero-order valence-electron chi connectivity index (χ0n) is 6.28. The zero-order chi connectivity index (χ0) is 6.70. The van der Waals surface area contributed by atoms with Crippen LogP contribution in [0.25, 0.3) is 0 Å². The van der Waals surface area contributed by atoms with Crippen molar-refractivity contribution in [3.63, 3.8) is 0 Å². The van der Waals surface area contributed by atoms with Gasteiger partial charge in [0.1, 0.15) is 0 Å². The van der Waals surface area contributed by atoms with Crippen LogP contribution in [-0.2, 0) is 0 Å². The lowest BCUT2D eigenvalue weighted by molar-refractivity contribution is 0.0211. The van der Waals surface area contributed by atoms with Gasteiger partial charge in [-0.1, -0.05) is 13.8 Å². The van der Waals surface area contributed by atoms with Gasteiger partial charge in [-0.25, -0.2) is 0 Å². The minimum atomic E-state index is 0.234. The molecule has 0 aromatic rings. The fraction of sp³-hybridized carbons (Fsp3) is 1.00. The number of fused-ring (bicyclic) bond motifs is 1. The number of rotatable bonds is 0. The summed E-state index contributed by atoms with van der Waals surface area (Å²) < 4.78 is 0. The molecule has 0 aromatic carbocycles. The third-order valence-electron chi connectivity index (χ3n) is 3.85. The molecule has 52 valence electrons. The second-order valence-electron chi connectivity index (χ2n) is 4.32. The zero-order valence-corrected chi connectivity index (χ0v) is 6.28. The van der Waals surface area contributed by atoms with Gasteiger partial charge in [-0.3, -0.25) is 0 Å². The van der Waals surface area contributed by atoms with E-state index in [1.54, 1.807) is 0 Å². The molecule has 2 unspecified atom stereocenters. The molecule has 0 amide bonds. The highest BCUT2D eigenvalue weighted by Gasteiger charge is 2.62. The van der Waals surface area contributed by atoms with Crippen molar-refractivity contribution in [1.29, 1.82) is 0 Å². The van der Waals surface area contributed by atoms with Gasteiger partial charge in [-0.15, -0.1) is 0 Å². The lowest BCUT2D eigenvalue weighted by Gasteiger charge is -2.52. The summed E-state index contributed by atoms with van der Waals surface area (Å²) in [6, 6.07) is 0. The number of hydrogen-bond donors (Lipinski definition) is 1. The SMILES string of the molecule is CC1(C)C2CCC1(N)C2. The summed E-state index contributed by atoms with van der Waals surface area (Å²) in [5.74, 6) is 0.947. The van der Waals surface area contributed by atoms with Crippen molar-refractivity contribution in [3.8, 4) is 0 Å². The third-order valence-corrected chi connectivity index (χ3v) is 3.85. The van der Waals surface area contributed by atoms with Crippen LogP contribution in [0.1, 0.15) is 33.1 Å². The second kappa shape index (κ2) is 1.20. The van der Waals surface area contributed by atoms with Crippen LogP contribution in [0, 0.1) is 11.3 Å². The quantitative estimate of drug-likeness (QED) is 0.522. The molecule has 3 aliphatic rings. The van der Waals surface area contributed by atoms with E-state index in [1.165, 1.54) is 19.3 Å². The highest BCUT2D eigenvalue weighted by molar-refractivity contribution is 5.17. The summed E-state index contributed by atoms with van der Waals surface area (Å²) in [6.45, 7) is 4.63. The highest BCUT2D eigenvalue weighted by atomic mass is 14.9. The molecule has 3 rings (SSSR count). The van der Waals surface area contributed by atoms with Gasteiger partial charge in [0.05, 0.1) is 0 Å². The Hall–Kier alpha value is -0.0400. The molecular formula is C8H15N. The minimum absolute atomic E-state index is 0.234. The van der Waals surface area contributed by atoms with Crippen LogP contribution in [0.5, 0.6) is 0 Å². The van der Waals surface area contributed by atoms with E-state index in [-0.39, 0.29) is 5.54 Å². The Morgan fingerprint density at radius 1 is 1.44 bits per heavy atom. The smallest absolute Gasteiger partial charge is 0.0211 e. The molecule has 3 saturated carbocycles. The standard InChI is InChI=1S/C8H15N/c1-7(2)6-3-4-8(7,9)5-6/h6H,3-5,9H2,1-2H3. The molecular weight excluding hydrogens is 110 g/mol. The van der Waals surface area contributed by atoms with Gasteiger partial charge in [0, 0.05) is 5.54 Å². The fourth-order valence-electron chi connectivity index (χ4n) is 2.55.